The number of aromatic nitrogens is 4. The van der Waals surface area contributed by atoms with Gasteiger partial charge < -0.3 is 14.8 Å². The number of para-hydroxylation sites is 1. The van der Waals surface area contributed by atoms with Gasteiger partial charge in [-0.15, -0.1) is 0 Å². The molecule has 0 saturated carbocycles. The van der Waals surface area contributed by atoms with Crippen LogP contribution in [-0.4, -0.2) is 44.9 Å². The van der Waals surface area contributed by atoms with Crippen LogP contribution in [0.3, 0.4) is 0 Å². The van der Waals surface area contributed by atoms with Crippen LogP contribution in [0.1, 0.15) is 5.56 Å². The second-order valence-corrected chi connectivity index (χ2v) is 6.16. The lowest BCUT2D eigenvalue weighted by Gasteiger charge is -2.19. The first-order valence-electron chi connectivity index (χ1n) is 8.33. The van der Waals surface area contributed by atoms with E-state index in [1.54, 1.807) is 10.9 Å². The predicted octanol–water partition coefficient (Wildman–Crippen LogP) is 1.54. The van der Waals surface area contributed by atoms with E-state index in [1.165, 1.54) is 0 Å². The first-order chi connectivity index (χ1) is 12.3. The van der Waals surface area contributed by atoms with Gasteiger partial charge in [0, 0.05) is 25.4 Å². The fourth-order valence-electron chi connectivity index (χ4n) is 2.90. The van der Waals surface area contributed by atoms with Gasteiger partial charge in [-0.25, -0.2) is 4.68 Å². The van der Waals surface area contributed by atoms with Crippen molar-refractivity contribution in [2.24, 2.45) is 7.05 Å². The Morgan fingerprint density at radius 1 is 1.16 bits per heavy atom. The molecule has 0 amide bonds. The summed E-state index contributed by atoms with van der Waals surface area (Å²) in [4.78, 5) is 0. The summed E-state index contributed by atoms with van der Waals surface area (Å²) in [6.07, 6.45) is 7.48. The minimum Gasteiger partial charge on any atom is -0.483 e. The van der Waals surface area contributed by atoms with E-state index in [0.717, 1.165) is 17.0 Å². The molecule has 1 N–H and O–H groups in total. The van der Waals surface area contributed by atoms with Crippen LogP contribution in [-0.2, 0) is 18.3 Å². The second-order valence-electron chi connectivity index (χ2n) is 6.16. The summed E-state index contributed by atoms with van der Waals surface area (Å²) in [6, 6.07) is 10.2. The molecule has 130 valence electrons. The van der Waals surface area contributed by atoms with E-state index >= 15 is 0 Å². The molecular formula is C18H21N5O2. The van der Waals surface area contributed by atoms with Gasteiger partial charge >= 0.3 is 0 Å². The minimum absolute atomic E-state index is 0.0200. The molecule has 4 rings (SSSR count). The monoisotopic (exact) mass is 339 g/mol. The first kappa shape index (κ1) is 15.9. The fourth-order valence-corrected chi connectivity index (χ4v) is 2.90. The van der Waals surface area contributed by atoms with Crippen molar-refractivity contribution in [3.8, 4) is 11.4 Å². The van der Waals surface area contributed by atoms with Crippen LogP contribution in [0.2, 0.25) is 0 Å². The summed E-state index contributed by atoms with van der Waals surface area (Å²) >= 11 is 0. The Hall–Kier alpha value is -2.64. The van der Waals surface area contributed by atoms with Gasteiger partial charge in [-0.05, 0) is 12.1 Å². The molecule has 3 heterocycles. The highest BCUT2D eigenvalue weighted by Gasteiger charge is 2.30. The summed E-state index contributed by atoms with van der Waals surface area (Å²) in [5, 5.41) is 12.1. The highest BCUT2D eigenvalue weighted by atomic mass is 16.5. The molecule has 2 aromatic heterocycles. The molecule has 25 heavy (non-hydrogen) atoms. The Balaban J connectivity index is 1.35. The molecule has 1 aliphatic rings. The van der Waals surface area contributed by atoms with Gasteiger partial charge in [0.2, 0.25) is 0 Å². The van der Waals surface area contributed by atoms with Crippen LogP contribution < -0.4 is 10.1 Å². The van der Waals surface area contributed by atoms with Gasteiger partial charge in [0.25, 0.3) is 0 Å². The maximum absolute atomic E-state index is 5.98. The fraction of sp³-hybridized carbons (Fsp3) is 0.333. The number of hydrogen-bond donors (Lipinski definition) is 1. The molecule has 1 aliphatic heterocycles. The Kier molecular flexibility index (Phi) is 4.49. The topological polar surface area (TPSA) is 66.1 Å². The molecule has 0 spiro atoms. The molecule has 2 atom stereocenters. The van der Waals surface area contributed by atoms with Crippen LogP contribution in [0, 0.1) is 0 Å². The maximum atomic E-state index is 5.98. The molecule has 1 fully saturated rings. The standard InChI is InChI=1S/C18H21N5O2/c1-22-11-16(9-20-22)25-18-13-24-12-17(18)19-7-14-8-21-23(10-14)15-5-3-2-4-6-15/h2-6,8-11,17-19H,7,12-13H2,1H3/t17-,18+/m0/s1. The van der Waals surface area contributed by atoms with E-state index in [4.69, 9.17) is 9.47 Å². The molecule has 0 bridgehead atoms. The lowest BCUT2D eigenvalue weighted by molar-refractivity contribution is 0.139. The van der Waals surface area contributed by atoms with E-state index in [9.17, 15) is 0 Å². The van der Waals surface area contributed by atoms with Crippen molar-refractivity contribution in [2.75, 3.05) is 13.2 Å². The number of nitrogens with zero attached hydrogens (tertiary/aromatic N) is 4. The second kappa shape index (κ2) is 7.08. The van der Waals surface area contributed by atoms with Gasteiger partial charge in [0.15, 0.2) is 5.75 Å². The Bertz CT molecular complexity index is 814. The number of benzene rings is 1. The highest BCUT2D eigenvalue weighted by Crippen LogP contribution is 2.17. The summed E-state index contributed by atoms with van der Waals surface area (Å²) in [5.74, 6) is 0.765. The number of ether oxygens (including phenoxy) is 2. The summed E-state index contributed by atoms with van der Waals surface area (Å²) in [6.45, 7) is 1.93. The summed E-state index contributed by atoms with van der Waals surface area (Å²) in [7, 11) is 1.87. The van der Waals surface area contributed by atoms with Gasteiger partial charge in [-0.2, -0.15) is 10.2 Å². The number of nitrogens with one attached hydrogen (secondary N) is 1. The minimum atomic E-state index is -0.0200. The van der Waals surface area contributed by atoms with Crippen LogP contribution in [0.5, 0.6) is 5.75 Å². The van der Waals surface area contributed by atoms with E-state index < -0.39 is 0 Å². The third-order valence-corrected chi connectivity index (χ3v) is 4.22. The van der Waals surface area contributed by atoms with Crippen LogP contribution >= 0.6 is 0 Å². The third-order valence-electron chi connectivity index (χ3n) is 4.22. The zero-order valence-corrected chi connectivity index (χ0v) is 14.1. The molecule has 0 radical (unpaired) electrons. The van der Waals surface area contributed by atoms with E-state index in [1.807, 2.05) is 60.7 Å². The first-order valence-corrected chi connectivity index (χ1v) is 8.33. The Labute approximate surface area is 146 Å². The molecule has 7 nitrogen and oxygen atoms in total. The van der Waals surface area contributed by atoms with Crippen molar-refractivity contribution in [3.63, 3.8) is 0 Å². The smallest absolute Gasteiger partial charge is 0.157 e. The lowest BCUT2D eigenvalue weighted by atomic mass is 10.2. The van der Waals surface area contributed by atoms with Crippen LogP contribution in [0.25, 0.3) is 5.69 Å². The predicted molar refractivity (Wildman–Crippen MR) is 92.6 cm³/mol. The third kappa shape index (κ3) is 3.72. The maximum Gasteiger partial charge on any atom is 0.157 e. The van der Waals surface area contributed by atoms with E-state index in [-0.39, 0.29) is 12.1 Å². The molecular weight excluding hydrogens is 318 g/mol. The van der Waals surface area contributed by atoms with Crippen molar-refractivity contribution in [3.05, 3.63) is 60.7 Å². The molecule has 0 unspecified atom stereocenters. The van der Waals surface area contributed by atoms with Gasteiger partial charge in [0.05, 0.1) is 43.5 Å². The molecule has 1 aromatic carbocycles. The van der Waals surface area contributed by atoms with Gasteiger partial charge in [-0.1, -0.05) is 18.2 Å². The van der Waals surface area contributed by atoms with Gasteiger partial charge in [0.1, 0.15) is 6.10 Å². The zero-order valence-electron chi connectivity index (χ0n) is 14.1. The van der Waals surface area contributed by atoms with Crippen molar-refractivity contribution >= 4 is 0 Å². The normalized spacial score (nSPS) is 20.0. The largest absolute Gasteiger partial charge is 0.483 e. The summed E-state index contributed by atoms with van der Waals surface area (Å²) < 4.78 is 15.2. The molecule has 7 heteroatoms. The number of rotatable bonds is 6. The quantitative estimate of drug-likeness (QED) is 0.738. The number of hydrogen-bond acceptors (Lipinski definition) is 5. The highest BCUT2D eigenvalue weighted by molar-refractivity contribution is 5.30. The molecule has 0 aliphatic carbocycles. The van der Waals surface area contributed by atoms with Crippen LogP contribution in [0.4, 0.5) is 0 Å². The van der Waals surface area contributed by atoms with Crippen molar-refractivity contribution < 1.29 is 9.47 Å². The van der Waals surface area contributed by atoms with Gasteiger partial charge in [-0.3, -0.25) is 4.68 Å². The average molecular weight is 339 g/mol. The molecule has 3 aromatic rings. The molecule has 1 saturated heterocycles. The Morgan fingerprint density at radius 3 is 2.84 bits per heavy atom. The lowest BCUT2D eigenvalue weighted by Crippen LogP contribution is -2.41. The SMILES string of the molecule is Cn1cc(O[C@@H]2COC[C@@H]2NCc2cnn(-c3ccccc3)c2)cn1. The van der Waals surface area contributed by atoms with E-state index in [2.05, 4.69) is 15.5 Å². The van der Waals surface area contributed by atoms with Crippen molar-refractivity contribution in [1.29, 1.82) is 0 Å². The van der Waals surface area contributed by atoms with Crippen molar-refractivity contribution in [1.82, 2.24) is 24.9 Å². The zero-order chi connectivity index (χ0) is 17.1. The Morgan fingerprint density at radius 2 is 2.04 bits per heavy atom. The van der Waals surface area contributed by atoms with Crippen LogP contribution in [0.15, 0.2) is 55.1 Å². The number of aryl methyl sites for hydroxylation is 1. The summed E-state index contributed by atoms with van der Waals surface area (Å²) in [5.41, 5.74) is 2.17. The average Bonchev–Trinajstić information content (AvgIpc) is 3.36. The van der Waals surface area contributed by atoms with Crippen molar-refractivity contribution in [2.45, 2.75) is 18.7 Å². The van der Waals surface area contributed by atoms with E-state index in [0.29, 0.717) is 19.8 Å².